The Morgan fingerprint density at radius 1 is 0.919 bits per heavy atom. The van der Waals surface area contributed by atoms with E-state index in [9.17, 15) is 18.9 Å². The summed E-state index contributed by atoms with van der Waals surface area (Å²) in [5, 5.41) is 4.49. The summed E-state index contributed by atoms with van der Waals surface area (Å²) in [6, 6.07) is 13.3. The Morgan fingerprint density at radius 3 is 2.27 bits per heavy atom. The molecule has 0 spiro atoms. The Bertz CT molecular complexity index is 1110. The smallest absolute Gasteiger partial charge is 0.462 e. The normalized spacial score (nSPS) is 13.9. The number of phosphoric acid groups is 1. The molecule has 12 heteroatoms. The fourth-order valence-electron chi connectivity index (χ4n) is 2.95. The maximum absolute atomic E-state index is 13.4. The van der Waals surface area contributed by atoms with Crippen LogP contribution in [0.3, 0.4) is 0 Å². The first-order chi connectivity index (χ1) is 17.3. The average molecular weight is 540 g/mol. The molecule has 0 aliphatic rings. The first-order valence-corrected chi connectivity index (χ1v) is 13.1. The number of hydrogen-bond donors (Lipinski definition) is 1. The van der Waals surface area contributed by atoms with E-state index in [1.807, 2.05) is 42.5 Å². The van der Waals surface area contributed by atoms with Crippen molar-refractivity contribution in [1.82, 2.24) is 5.32 Å². The molecule has 0 aliphatic heterocycles. The van der Waals surface area contributed by atoms with Crippen LogP contribution in [-0.4, -0.2) is 56.1 Å². The number of amides is 1. The van der Waals surface area contributed by atoms with E-state index in [4.69, 9.17) is 27.8 Å². The highest BCUT2D eigenvalue weighted by Crippen LogP contribution is 2.50. The molecule has 0 fully saturated rings. The van der Waals surface area contributed by atoms with Gasteiger partial charge in [0.25, 0.3) is 0 Å². The van der Waals surface area contributed by atoms with Gasteiger partial charge in [0.05, 0.1) is 19.8 Å². The zero-order valence-corrected chi connectivity index (χ0v) is 22.6. The summed E-state index contributed by atoms with van der Waals surface area (Å²) in [5.41, 5.74) is 0.0365. The summed E-state index contributed by atoms with van der Waals surface area (Å²) in [6.45, 7) is 6.44. The van der Waals surface area contributed by atoms with E-state index in [-0.39, 0.29) is 26.4 Å². The van der Waals surface area contributed by atoms with Gasteiger partial charge in [-0.1, -0.05) is 36.4 Å². The van der Waals surface area contributed by atoms with Crippen LogP contribution in [0.15, 0.2) is 42.5 Å². The quantitative estimate of drug-likeness (QED) is 0.167. The molecule has 1 N–H and O–H groups in total. The van der Waals surface area contributed by atoms with Crippen LogP contribution < -0.4 is 5.32 Å². The molecule has 0 radical (unpaired) electrons. The molecule has 2 unspecified atom stereocenters. The van der Waals surface area contributed by atoms with Gasteiger partial charge in [-0.3, -0.25) is 23.2 Å². The summed E-state index contributed by atoms with van der Waals surface area (Å²) in [7, 11) is -4.21. The molecular formula is C25H34NO10P. The van der Waals surface area contributed by atoms with Gasteiger partial charge < -0.3 is 19.5 Å². The Morgan fingerprint density at radius 2 is 1.62 bits per heavy atom. The summed E-state index contributed by atoms with van der Waals surface area (Å²) in [6.07, 6.45) is -1.71. The lowest BCUT2D eigenvalue weighted by molar-refractivity contribution is -0.158. The highest BCUT2D eigenvalue weighted by Gasteiger charge is 2.30. The molecule has 0 bridgehead atoms. The molecule has 2 aromatic carbocycles. The van der Waals surface area contributed by atoms with Crippen LogP contribution in [0.4, 0.5) is 4.79 Å². The minimum atomic E-state index is -4.21. The number of esters is 2. The van der Waals surface area contributed by atoms with Crippen LogP contribution in [0.5, 0.6) is 0 Å². The number of hydrogen-bond acceptors (Lipinski definition) is 10. The van der Waals surface area contributed by atoms with Gasteiger partial charge in [-0.05, 0) is 43.2 Å². The van der Waals surface area contributed by atoms with Crippen molar-refractivity contribution in [3.05, 3.63) is 48.0 Å². The number of fused-ring (bicyclic) bond motifs is 1. The molecular weight excluding hydrogens is 505 g/mol. The number of carbonyl (C=O) groups excluding carboxylic acids is 3. The molecule has 2 rings (SSSR count). The Hall–Kier alpha value is -2.98. The van der Waals surface area contributed by atoms with Crippen molar-refractivity contribution in [3.63, 3.8) is 0 Å². The molecule has 0 aliphatic carbocycles. The summed E-state index contributed by atoms with van der Waals surface area (Å²) < 4.78 is 44.8. The van der Waals surface area contributed by atoms with Gasteiger partial charge in [0.2, 0.25) is 0 Å². The van der Waals surface area contributed by atoms with E-state index < -0.39 is 44.2 Å². The van der Waals surface area contributed by atoms with Gasteiger partial charge in [-0.15, -0.1) is 0 Å². The second-order valence-electron chi connectivity index (χ2n) is 8.99. The number of carbonyl (C=O) groups is 3. The number of phosphoric ester groups is 1. The van der Waals surface area contributed by atoms with Crippen LogP contribution >= 0.6 is 7.82 Å². The topological polar surface area (TPSA) is 136 Å². The van der Waals surface area contributed by atoms with Crippen molar-refractivity contribution in [1.29, 1.82) is 0 Å². The minimum Gasteiger partial charge on any atom is -0.462 e. The third-order valence-electron chi connectivity index (χ3n) is 4.45. The maximum atomic E-state index is 13.4. The SMILES string of the molecule is CC(=O)OCC(COP(=O)(OCCNC(=O)OC(C)(C)C)OCc1ccc2ccccc2c1)OC(C)=O. The number of alkyl carbamates (subject to hydrolysis) is 1. The lowest BCUT2D eigenvalue weighted by atomic mass is 10.1. The molecule has 2 atom stereocenters. The number of nitrogens with one attached hydrogen (secondary N) is 1. The third kappa shape index (κ3) is 12.2. The highest BCUT2D eigenvalue weighted by atomic mass is 31.2. The first-order valence-electron chi connectivity index (χ1n) is 11.6. The van der Waals surface area contributed by atoms with Gasteiger partial charge in [-0.2, -0.15) is 0 Å². The largest absolute Gasteiger partial charge is 0.475 e. The second kappa shape index (κ2) is 14.1. The molecule has 0 saturated heterocycles. The van der Waals surface area contributed by atoms with E-state index in [0.717, 1.165) is 16.3 Å². The molecule has 37 heavy (non-hydrogen) atoms. The maximum Gasteiger partial charge on any atom is 0.475 e. The average Bonchev–Trinajstić information content (AvgIpc) is 2.81. The molecule has 0 saturated carbocycles. The molecule has 204 valence electrons. The highest BCUT2D eigenvalue weighted by molar-refractivity contribution is 7.48. The van der Waals surface area contributed by atoms with E-state index in [1.165, 1.54) is 13.8 Å². The first kappa shape index (κ1) is 30.2. The predicted octanol–water partition coefficient (Wildman–Crippen LogP) is 4.52. The molecule has 0 aromatic heterocycles. The zero-order valence-electron chi connectivity index (χ0n) is 21.7. The molecule has 2 aromatic rings. The van der Waals surface area contributed by atoms with Crippen molar-refractivity contribution in [2.45, 2.75) is 52.9 Å². The van der Waals surface area contributed by atoms with Gasteiger partial charge >= 0.3 is 25.9 Å². The van der Waals surface area contributed by atoms with Gasteiger partial charge in [0.1, 0.15) is 12.2 Å². The van der Waals surface area contributed by atoms with Crippen LogP contribution in [0.2, 0.25) is 0 Å². The number of ether oxygens (including phenoxy) is 3. The Kier molecular flexibility index (Phi) is 11.5. The van der Waals surface area contributed by atoms with Crippen molar-refractivity contribution >= 4 is 36.6 Å². The molecule has 1 amide bonds. The summed E-state index contributed by atoms with van der Waals surface area (Å²) in [4.78, 5) is 34.4. The lowest BCUT2D eigenvalue weighted by Crippen LogP contribution is -2.34. The van der Waals surface area contributed by atoms with Crippen LogP contribution in [0.25, 0.3) is 10.8 Å². The zero-order chi connectivity index (χ0) is 27.5. The van der Waals surface area contributed by atoms with Gasteiger partial charge in [0, 0.05) is 20.4 Å². The Labute approximate surface area is 216 Å². The van der Waals surface area contributed by atoms with E-state index in [1.54, 1.807) is 20.8 Å². The summed E-state index contributed by atoms with van der Waals surface area (Å²) in [5.74, 6) is -1.23. The fourth-order valence-corrected chi connectivity index (χ4v) is 4.15. The van der Waals surface area contributed by atoms with Crippen molar-refractivity contribution in [2.24, 2.45) is 0 Å². The standard InChI is InChI=1S/C25H34NO10P/c1-18(27)31-16-23(35-19(2)28)17-34-37(30,32-13-12-26-24(29)36-25(3,4)5)33-15-20-10-11-21-8-6-7-9-22(21)14-20/h6-11,14,23H,12-13,15-17H2,1-5H3,(H,26,29). The van der Waals surface area contributed by atoms with Crippen molar-refractivity contribution in [2.75, 3.05) is 26.4 Å². The fraction of sp³-hybridized carbons (Fsp3) is 0.480. The van der Waals surface area contributed by atoms with Crippen LogP contribution in [0.1, 0.15) is 40.2 Å². The van der Waals surface area contributed by atoms with Crippen molar-refractivity contribution in [3.8, 4) is 0 Å². The second-order valence-corrected chi connectivity index (χ2v) is 10.7. The Balaban J connectivity index is 2.05. The van der Waals surface area contributed by atoms with E-state index in [0.29, 0.717) is 0 Å². The number of benzene rings is 2. The van der Waals surface area contributed by atoms with Crippen LogP contribution in [-0.2, 0) is 48.5 Å². The van der Waals surface area contributed by atoms with Crippen LogP contribution in [0, 0.1) is 0 Å². The number of rotatable bonds is 13. The third-order valence-corrected chi connectivity index (χ3v) is 5.86. The lowest BCUT2D eigenvalue weighted by Gasteiger charge is -2.22. The van der Waals surface area contributed by atoms with Gasteiger partial charge in [0.15, 0.2) is 6.10 Å². The van der Waals surface area contributed by atoms with E-state index in [2.05, 4.69) is 5.32 Å². The summed E-state index contributed by atoms with van der Waals surface area (Å²) >= 11 is 0. The van der Waals surface area contributed by atoms with E-state index >= 15 is 0 Å². The monoisotopic (exact) mass is 539 g/mol. The minimum absolute atomic E-state index is 0.0393. The van der Waals surface area contributed by atoms with Gasteiger partial charge in [-0.25, -0.2) is 9.36 Å². The molecule has 11 nitrogen and oxygen atoms in total. The van der Waals surface area contributed by atoms with Crippen molar-refractivity contribution < 1.29 is 46.7 Å². The molecule has 0 heterocycles. The predicted molar refractivity (Wildman–Crippen MR) is 135 cm³/mol.